The SMILES string of the molecule is CCC1(C)C(Br)CC1Oc1ccccc1Cl. The lowest BCUT2D eigenvalue weighted by Crippen LogP contribution is -2.54. The molecule has 0 aliphatic heterocycles. The molecule has 1 aliphatic carbocycles. The van der Waals surface area contributed by atoms with Gasteiger partial charge in [0.2, 0.25) is 0 Å². The number of para-hydroxylation sites is 1. The standard InChI is InChI=1S/C13H16BrClO/c1-3-13(2)11(14)8-12(13)16-10-7-5-4-6-9(10)15/h4-7,11-12H,3,8H2,1-2H3. The molecule has 1 fully saturated rings. The minimum absolute atomic E-state index is 0.221. The van der Waals surface area contributed by atoms with E-state index in [-0.39, 0.29) is 11.5 Å². The van der Waals surface area contributed by atoms with Gasteiger partial charge in [-0.05, 0) is 25.0 Å². The number of hydrogen-bond donors (Lipinski definition) is 0. The highest BCUT2D eigenvalue weighted by Gasteiger charge is 2.50. The topological polar surface area (TPSA) is 9.23 Å². The van der Waals surface area contributed by atoms with E-state index in [0.717, 1.165) is 18.6 Å². The van der Waals surface area contributed by atoms with Crippen LogP contribution in [0.3, 0.4) is 0 Å². The fourth-order valence-corrected chi connectivity index (χ4v) is 3.23. The monoisotopic (exact) mass is 302 g/mol. The van der Waals surface area contributed by atoms with Gasteiger partial charge >= 0.3 is 0 Å². The summed E-state index contributed by atoms with van der Waals surface area (Å²) < 4.78 is 6.00. The van der Waals surface area contributed by atoms with Crippen molar-refractivity contribution in [2.24, 2.45) is 5.41 Å². The fraction of sp³-hybridized carbons (Fsp3) is 0.538. The minimum atomic E-state index is 0.221. The molecule has 16 heavy (non-hydrogen) atoms. The highest BCUT2D eigenvalue weighted by molar-refractivity contribution is 9.09. The van der Waals surface area contributed by atoms with Crippen molar-refractivity contribution >= 4 is 27.5 Å². The van der Waals surface area contributed by atoms with Gasteiger partial charge in [0.1, 0.15) is 11.9 Å². The van der Waals surface area contributed by atoms with E-state index >= 15 is 0 Å². The van der Waals surface area contributed by atoms with Crippen LogP contribution >= 0.6 is 27.5 Å². The summed E-state index contributed by atoms with van der Waals surface area (Å²) in [7, 11) is 0. The zero-order valence-electron chi connectivity index (χ0n) is 9.54. The molecule has 1 nitrogen and oxygen atoms in total. The normalized spacial score (nSPS) is 33.2. The van der Waals surface area contributed by atoms with E-state index in [0.29, 0.717) is 9.85 Å². The van der Waals surface area contributed by atoms with Crippen LogP contribution in [0.5, 0.6) is 5.75 Å². The molecule has 88 valence electrons. The Morgan fingerprint density at radius 1 is 1.50 bits per heavy atom. The summed E-state index contributed by atoms with van der Waals surface area (Å²) in [5.41, 5.74) is 0.221. The number of benzene rings is 1. The minimum Gasteiger partial charge on any atom is -0.488 e. The molecule has 0 amide bonds. The van der Waals surface area contributed by atoms with Crippen molar-refractivity contribution in [1.29, 1.82) is 0 Å². The molecule has 3 atom stereocenters. The summed E-state index contributed by atoms with van der Waals surface area (Å²) in [5, 5.41) is 0.693. The number of halogens is 2. The van der Waals surface area contributed by atoms with Crippen molar-refractivity contribution in [3.8, 4) is 5.75 Å². The summed E-state index contributed by atoms with van der Waals surface area (Å²) in [6.07, 6.45) is 2.43. The lowest BCUT2D eigenvalue weighted by molar-refractivity contribution is -0.0242. The van der Waals surface area contributed by atoms with Crippen molar-refractivity contribution in [3.05, 3.63) is 29.3 Å². The summed E-state index contributed by atoms with van der Waals surface area (Å²) in [4.78, 5) is 0.553. The number of hydrogen-bond acceptors (Lipinski definition) is 1. The predicted octanol–water partition coefficient (Wildman–Crippen LogP) is 4.67. The van der Waals surface area contributed by atoms with Gasteiger partial charge in [0.15, 0.2) is 0 Å². The molecule has 0 saturated heterocycles. The van der Waals surface area contributed by atoms with E-state index in [2.05, 4.69) is 29.8 Å². The molecule has 0 radical (unpaired) electrons. The van der Waals surface area contributed by atoms with E-state index in [1.807, 2.05) is 24.3 Å². The van der Waals surface area contributed by atoms with Gasteiger partial charge in [-0.15, -0.1) is 0 Å². The van der Waals surface area contributed by atoms with E-state index < -0.39 is 0 Å². The van der Waals surface area contributed by atoms with Gasteiger partial charge in [0.25, 0.3) is 0 Å². The zero-order valence-corrected chi connectivity index (χ0v) is 11.9. The van der Waals surface area contributed by atoms with Crippen molar-refractivity contribution in [2.75, 3.05) is 0 Å². The van der Waals surface area contributed by atoms with Crippen LogP contribution in [0.2, 0.25) is 5.02 Å². The first-order chi connectivity index (χ1) is 7.58. The van der Waals surface area contributed by atoms with Crippen LogP contribution in [0.4, 0.5) is 0 Å². The maximum Gasteiger partial charge on any atom is 0.138 e. The van der Waals surface area contributed by atoms with Gasteiger partial charge in [-0.2, -0.15) is 0 Å². The molecule has 3 unspecified atom stereocenters. The Bertz CT molecular complexity index is 382. The molecule has 1 aromatic carbocycles. The largest absolute Gasteiger partial charge is 0.488 e. The fourth-order valence-electron chi connectivity index (χ4n) is 2.09. The molecule has 0 heterocycles. The van der Waals surface area contributed by atoms with Gasteiger partial charge in [0.05, 0.1) is 5.02 Å². The quantitative estimate of drug-likeness (QED) is 0.737. The molecule has 0 aromatic heterocycles. The number of ether oxygens (including phenoxy) is 1. The second-order valence-corrected chi connectivity index (χ2v) is 6.11. The Labute approximate surface area is 110 Å². The van der Waals surface area contributed by atoms with Crippen molar-refractivity contribution in [2.45, 2.75) is 37.6 Å². The third kappa shape index (κ3) is 1.98. The lowest BCUT2D eigenvalue weighted by Gasteiger charge is -2.50. The van der Waals surface area contributed by atoms with Crippen LogP contribution in [0.1, 0.15) is 26.7 Å². The van der Waals surface area contributed by atoms with Gasteiger partial charge in [-0.3, -0.25) is 0 Å². The average molecular weight is 304 g/mol. The maximum absolute atomic E-state index is 6.09. The Balaban J connectivity index is 2.10. The third-order valence-electron chi connectivity index (χ3n) is 3.74. The first-order valence-corrected chi connectivity index (χ1v) is 6.92. The summed E-state index contributed by atoms with van der Waals surface area (Å²) in [6.45, 7) is 4.47. The smallest absolute Gasteiger partial charge is 0.138 e. The Morgan fingerprint density at radius 2 is 2.19 bits per heavy atom. The highest BCUT2D eigenvalue weighted by atomic mass is 79.9. The van der Waals surface area contributed by atoms with Gasteiger partial charge in [-0.1, -0.05) is 53.5 Å². The van der Waals surface area contributed by atoms with Gasteiger partial charge in [0, 0.05) is 10.2 Å². The molecule has 3 heteroatoms. The Hall–Kier alpha value is -0.210. The Morgan fingerprint density at radius 3 is 2.75 bits per heavy atom. The van der Waals surface area contributed by atoms with Crippen LogP contribution in [0.15, 0.2) is 24.3 Å². The second-order valence-electron chi connectivity index (χ2n) is 4.60. The van der Waals surface area contributed by atoms with E-state index in [4.69, 9.17) is 16.3 Å². The van der Waals surface area contributed by atoms with Crippen LogP contribution < -0.4 is 4.74 Å². The van der Waals surface area contributed by atoms with Crippen LogP contribution in [-0.4, -0.2) is 10.9 Å². The van der Waals surface area contributed by atoms with E-state index in [1.165, 1.54) is 0 Å². The molecule has 1 aromatic rings. The zero-order chi connectivity index (χ0) is 11.8. The van der Waals surface area contributed by atoms with Crippen LogP contribution in [0, 0.1) is 5.41 Å². The van der Waals surface area contributed by atoms with E-state index in [9.17, 15) is 0 Å². The average Bonchev–Trinajstić information content (AvgIpc) is 2.30. The molecular formula is C13H16BrClO. The van der Waals surface area contributed by atoms with Crippen molar-refractivity contribution in [1.82, 2.24) is 0 Å². The summed E-state index contributed by atoms with van der Waals surface area (Å²) >= 11 is 9.79. The highest BCUT2D eigenvalue weighted by Crippen LogP contribution is 2.50. The van der Waals surface area contributed by atoms with Crippen LogP contribution in [0.25, 0.3) is 0 Å². The lowest BCUT2D eigenvalue weighted by atomic mass is 9.65. The van der Waals surface area contributed by atoms with Crippen molar-refractivity contribution < 1.29 is 4.74 Å². The Kier molecular flexibility index (Phi) is 3.50. The van der Waals surface area contributed by atoms with Gasteiger partial charge in [-0.25, -0.2) is 0 Å². The molecule has 1 aliphatic rings. The molecule has 1 saturated carbocycles. The molecule has 0 spiro atoms. The molecule has 0 bridgehead atoms. The number of alkyl halides is 1. The summed E-state index contributed by atoms with van der Waals surface area (Å²) in [6, 6.07) is 7.67. The first-order valence-electron chi connectivity index (χ1n) is 5.63. The van der Waals surface area contributed by atoms with Crippen molar-refractivity contribution in [3.63, 3.8) is 0 Å². The molecule has 0 N–H and O–H groups in total. The molecule has 2 rings (SSSR count). The van der Waals surface area contributed by atoms with E-state index in [1.54, 1.807) is 0 Å². The van der Waals surface area contributed by atoms with Gasteiger partial charge < -0.3 is 4.74 Å². The first kappa shape index (κ1) is 12.3. The summed E-state index contributed by atoms with van der Waals surface area (Å²) in [5.74, 6) is 0.799. The molecular weight excluding hydrogens is 287 g/mol. The van der Waals surface area contributed by atoms with Crippen LogP contribution in [-0.2, 0) is 0 Å². The maximum atomic E-state index is 6.09. The third-order valence-corrected chi connectivity index (χ3v) is 5.47. The predicted molar refractivity (Wildman–Crippen MR) is 71.6 cm³/mol. The second kappa shape index (κ2) is 4.58. The number of rotatable bonds is 3.